The third-order valence-electron chi connectivity index (χ3n) is 5.41. The van der Waals surface area contributed by atoms with E-state index < -0.39 is 0 Å². The topological polar surface area (TPSA) is 54.2 Å². The Labute approximate surface area is 127 Å². The average Bonchev–Trinajstić information content (AvgIpc) is 3.08. The van der Waals surface area contributed by atoms with Gasteiger partial charge in [0, 0.05) is 25.4 Å². The molecule has 1 aliphatic heterocycles. The van der Waals surface area contributed by atoms with E-state index in [1.807, 2.05) is 0 Å². The Bertz CT molecular complexity index is 473. The van der Waals surface area contributed by atoms with Crippen LogP contribution in [0.1, 0.15) is 57.1 Å². The lowest BCUT2D eigenvalue weighted by atomic mass is 9.80. The molecule has 2 aliphatic rings. The minimum atomic E-state index is -0.102. The summed E-state index contributed by atoms with van der Waals surface area (Å²) in [4.78, 5) is 2.53. The Morgan fingerprint density at radius 2 is 1.86 bits per heavy atom. The fraction of sp³-hybridized carbons (Fsp3) is 0.875. The number of aryl methyl sites for hydroxylation is 1. The second-order valence-corrected chi connectivity index (χ2v) is 6.64. The van der Waals surface area contributed by atoms with E-state index in [0.717, 1.165) is 37.6 Å². The first-order valence-corrected chi connectivity index (χ1v) is 8.50. The largest absolute Gasteiger partial charge is 0.393 e. The van der Waals surface area contributed by atoms with Crippen LogP contribution in [-0.2, 0) is 20.0 Å². The van der Waals surface area contributed by atoms with Crippen molar-refractivity contribution in [3.63, 3.8) is 0 Å². The summed E-state index contributed by atoms with van der Waals surface area (Å²) in [6.45, 7) is 4.12. The molecule has 0 spiro atoms. The molecule has 3 atom stereocenters. The van der Waals surface area contributed by atoms with Crippen LogP contribution in [0.3, 0.4) is 0 Å². The van der Waals surface area contributed by atoms with Crippen LogP contribution in [0.25, 0.3) is 0 Å². The second-order valence-electron chi connectivity index (χ2n) is 6.64. The molecule has 0 aromatic carbocycles. The predicted molar refractivity (Wildman–Crippen MR) is 81.8 cm³/mol. The minimum Gasteiger partial charge on any atom is -0.393 e. The van der Waals surface area contributed by atoms with Crippen LogP contribution in [0, 0.1) is 5.92 Å². The molecular weight excluding hydrogens is 264 g/mol. The van der Waals surface area contributed by atoms with Crippen molar-refractivity contribution in [2.75, 3.05) is 6.54 Å². The van der Waals surface area contributed by atoms with Gasteiger partial charge < -0.3 is 9.67 Å². The highest BCUT2D eigenvalue weighted by Crippen LogP contribution is 2.35. The van der Waals surface area contributed by atoms with E-state index in [4.69, 9.17) is 0 Å². The normalized spacial score (nSPS) is 30.9. The van der Waals surface area contributed by atoms with Gasteiger partial charge in [0.25, 0.3) is 0 Å². The molecule has 1 aromatic heterocycles. The van der Waals surface area contributed by atoms with Crippen LogP contribution in [-0.4, -0.2) is 43.5 Å². The molecule has 1 saturated heterocycles. The third kappa shape index (κ3) is 2.99. The van der Waals surface area contributed by atoms with Gasteiger partial charge in [-0.15, -0.1) is 10.2 Å². The Morgan fingerprint density at radius 3 is 2.57 bits per heavy atom. The Morgan fingerprint density at radius 1 is 1.10 bits per heavy atom. The summed E-state index contributed by atoms with van der Waals surface area (Å²) in [7, 11) is 2.06. The first-order chi connectivity index (χ1) is 10.2. The molecule has 0 bridgehead atoms. The van der Waals surface area contributed by atoms with Crippen molar-refractivity contribution in [2.24, 2.45) is 13.0 Å². The minimum absolute atomic E-state index is 0.102. The van der Waals surface area contributed by atoms with Crippen molar-refractivity contribution in [3.8, 4) is 0 Å². The molecule has 118 valence electrons. The lowest BCUT2D eigenvalue weighted by molar-refractivity contribution is 0.0193. The van der Waals surface area contributed by atoms with Gasteiger partial charge in [-0.1, -0.05) is 19.8 Å². The van der Waals surface area contributed by atoms with Gasteiger partial charge in [-0.25, -0.2) is 0 Å². The monoisotopic (exact) mass is 292 g/mol. The molecule has 5 heteroatoms. The number of likely N-dealkylation sites (tertiary alicyclic amines) is 1. The summed E-state index contributed by atoms with van der Waals surface area (Å²) in [6, 6.07) is 0.530. The highest BCUT2D eigenvalue weighted by atomic mass is 16.3. The molecular formula is C16H28N4O. The first kappa shape index (κ1) is 15.0. The van der Waals surface area contributed by atoms with E-state index in [1.54, 1.807) is 0 Å². The highest BCUT2D eigenvalue weighted by Gasteiger charge is 2.37. The summed E-state index contributed by atoms with van der Waals surface area (Å²) in [5, 5.41) is 19.0. The lowest BCUT2D eigenvalue weighted by Crippen LogP contribution is -2.42. The fourth-order valence-corrected chi connectivity index (χ4v) is 4.15. The smallest absolute Gasteiger partial charge is 0.146 e. The highest BCUT2D eigenvalue weighted by molar-refractivity contribution is 4.98. The second kappa shape index (κ2) is 6.44. The van der Waals surface area contributed by atoms with Crippen molar-refractivity contribution in [1.82, 2.24) is 19.7 Å². The van der Waals surface area contributed by atoms with Crippen LogP contribution < -0.4 is 0 Å². The van der Waals surface area contributed by atoms with Gasteiger partial charge in [0.05, 0.1) is 12.6 Å². The Hall–Kier alpha value is -0.940. The molecule has 1 N–H and O–H groups in total. The van der Waals surface area contributed by atoms with Gasteiger partial charge in [-0.05, 0) is 32.2 Å². The molecule has 1 saturated carbocycles. The number of hydrogen-bond donors (Lipinski definition) is 1. The van der Waals surface area contributed by atoms with Crippen molar-refractivity contribution >= 4 is 0 Å². The molecule has 1 aromatic rings. The van der Waals surface area contributed by atoms with E-state index in [2.05, 4.69) is 33.6 Å². The van der Waals surface area contributed by atoms with Gasteiger partial charge in [0.1, 0.15) is 11.6 Å². The van der Waals surface area contributed by atoms with Crippen LogP contribution in [0.2, 0.25) is 0 Å². The molecule has 2 heterocycles. The number of aliphatic hydroxyl groups is 1. The Kier molecular flexibility index (Phi) is 4.60. The lowest BCUT2D eigenvalue weighted by Gasteiger charge is -2.37. The van der Waals surface area contributed by atoms with Crippen LogP contribution in [0.15, 0.2) is 0 Å². The first-order valence-electron chi connectivity index (χ1n) is 8.50. The van der Waals surface area contributed by atoms with E-state index in [1.165, 1.54) is 32.1 Å². The van der Waals surface area contributed by atoms with Gasteiger partial charge in [-0.3, -0.25) is 4.90 Å². The zero-order valence-corrected chi connectivity index (χ0v) is 13.3. The van der Waals surface area contributed by atoms with E-state index >= 15 is 0 Å². The summed E-state index contributed by atoms with van der Waals surface area (Å²) >= 11 is 0. The molecule has 3 rings (SSSR count). The van der Waals surface area contributed by atoms with E-state index in [0.29, 0.717) is 12.0 Å². The Balaban J connectivity index is 1.70. The maximum Gasteiger partial charge on any atom is 0.146 e. The molecule has 5 nitrogen and oxygen atoms in total. The number of nitrogens with zero attached hydrogens (tertiary/aromatic N) is 4. The van der Waals surface area contributed by atoms with Gasteiger partial charge in [0.15, 0.2) is 0 Å². The molecule has 1 aliphatic carbocycles. The summed E-state index contributed by atoms with van der Waals surface area (Å²) in [5.74, 6) is 2.57. The zero-order chi connectivity index (χ0) is 14.8. The van der Waals surface area contributed by atoms with Crippen LogP contribution >= 0.6 is 0 Å². The number of aliphatic hydroxyl groups excluding tert-OH is 1. The van der Waals surface area contributed by atoms with Crippen molar-refractivity contribution in [3.05, 3.63) is 11.6 Å². The number of aromatic nitrogens is 3. The summed E-state index contributed by atoms with van der Waals surface area (Å²) < 4.78 is 2.13. The fourth-order valence-electron chi connectivity index (χ4n) is 4.15. The maximum atomic E-state index is 10.4. The zero-order valence-electron chi connectivity index (χ0n) is 13.3. The van der Waals surface area contributed by atoms with Crippen molar-refractivity contribution < 1.29 is 5.11 Å². The van der Waals surface area contributed by atoms with Gasteiger partial charge in [0.2, 0.25) is 0 Å². The molecule has 0 unspecified atom stereocenters. The quantitative estimate of drug-likeness (QED) is 0.921. The van der Waals surface area contributed by atoms with E-state index in [-0.39, 0.29) is 6.10 Å². The SMILES string of the molecule is CCc1nnc(CN2CCC[C@@H]2[C@@H]2CCCC[C@@H]2O)n1C. The molecule has 21 heavy (non-hydrogen) atoms. The summed E-state index contributed by atoms with van der Waals surface area (Å²) in [5.41, 5.74) is 0. The number of rotatable bonds is 4. The predicted octanol–water partition coefficient (Wildman–Crippen LogP) is 1.89. The van der Waals surface area contributed by atoms with E-state index in [9.17, 15) is 5.11 Å². The number of hydrogen-bond acceptors (Lipinski definition) is 4. The van der Waals surface area contributed by atoms with Crippen LogP contribution in [0.4, 0.5) is 0 Å². The standard InChI is InChI=1S/C16H28N4O/c1-3-15-17-18-16(19(15)2)11-20-10-6-8-13(20)12-7-4-5-9-14(12)21/h12-14,21H,3-11H2,1-2H3/t12-,13+,14-/m0/s1. The molecule has 0 radical (unpaired) electrons. The molecule has 0 amide bonds. The van der Waals surface area contributed by atoms with Gasteiger partial charge in [-0.2, -0.15) is 0 Å². The van der Waals surface area contributed by atoms with Crippen molar-refractivity contribution in [1.29, 1.82) is 0 Å². The average molecular weight is 292 g/mol. The van der Waals surface area contributed by atoms with Gasteiger partial charge >= 0.3 is 0 Å². The van der Waals surface area contributed by atoms with Crippen molar-refractivity contribution in [2.45, 2.75) is 70.6 Å². The summed E-state index contributed by atoms with van der Waals surface area (Å²) in [6.07, 6.45) is 7.92. The van der Waals surface area contributed by atoms with Crippen LogP contribution in [0.5, 0.6) is 0 Å². The molecule has 2 fully saturated rings. The third-order valence-corrected chi connectivity index (χ3v) is 5.41. The maximum absolute atomic E-state index is 10.4.